The van der Waals surface area contributed by atoms with Gasteiger partial charge in [-0.25, -0.2) is 9.59 Å². The van der Waals surface area contributed by atoms with E-state index in [0.717, 1.165) is 35.1 Å². The molecule has 0 amide bonds. The molecule has 0 saturated carbocycles. The van der Waals surface area contributed by atoms with E-state index in [-0.39, 0.29) is 10.8 Å². The standard InChI is InChI=1S/C62H60O4/c1-9-16-55(66-57(64)11-3)62(31-14-15-32-65-56(63)10-2)51-18-13-12-17-46(51)49-28-23-40(36-54(49)62)39-22-27-47-48-29-24-41(37-53(48)61(7,8)52(47)35-39)45-26-21-38-19-20-42-33-44(60(4,5)6)34-43-25-30-50(45)59(38)58(42)43/h10-13,17-30,33-37,55,58-59H,2-3,9,14-16,31-32H2,1,4-8H3. The molecule has 4 atom stereocenters. The summed E-state index contributed by atoms with van der Waals surface area (Å²) in [5.74, 6) is -0.186. The monoisotopic (exact) mass is 868 g/mol. The van der Waals surface area contributed by atoms with Gasteiger partial charge >= 0.3 is 11.9 Å². The first-order valence-corrected chi connectivity index (χ1v) is 23.9. The lowest BCUT2D eigenvalue weighted by Gasteiger charge is -2.42. The quantitative estimate of drug-likeness (QED) is 0.0763. The van der Waals surface area contributed by atoms with Gasteiger partial charge in [0, 0.05) is 29.4 Å². The summed E-state index contributed by atoms with van der Waals surface area (Å²) in [6, 6.07) is 29.6. The van der Waals surface area contributed by atoms with E-state index < -0.39 is 23.5 Å². The Balaban J connectivity index is 1.02. The molecule has 332 valence electrons. The van der Waals surface area contributed by atoms with Crippen molar-refractivity contribution in [3.63, 3.8) is 0 Å². The molecule has 4 nitrogen and oxygen atoms in total. The molecule has 4 heteroatoms. The number of allylic oxidation sites excluding steroid dienone is 14. The lowest BCUT2D eigenvalue weighted by atomic mass is 9.61. The van der Waals surface area contributed by atoms with Gasteiger partial charge in [0.25, 0.3) is 0 Å². The molecule has 0 radical (unpaired) electrons. The Hall–Kier alpha value is -6.52. The Morgan fingerprint density at radius 2 is 1.30 bits per heavy atom. The Bertz CT molecular complexity index is 2980. The minimum absolute atomic E-state index is 0.0905. The summed E-state index contributed by atoms with van der Waals surface area (Å²) in [7, 11) is 0. The summed E-state index contributed by atoms with van der Waals surface area (Å²) < 4.78 is 11.8. The second kappa shape index (κ2) is 16.4. The molecule has 0 heterocycles. The Morgan fingerprint density at radius 1 is 0.682 bits per heavy atom. The fourth-order valence-electron chi connectivity index (χ4n) is 12.0. The molecule has 0 fully saturated rings. The van der Waals surface area contributed by atoms with Crippen LogP contribution < -0.4 is 0 Å². The maximum Gasteiger partial charge on any atom is 0.330 e. The van der Waals surface area contributed by atoms with Crippen molar-refractivity contribution in [2.45, 2.75) is 90.6 Å². The van der Waals surface area contributed by atoms with Gasteiger partial charge in [-0.1, -0.05) is 170 Å². The topological polar surface area (TPSA) is 52.6 Å². The minimum atomic E-state index is -0.620. The van der Waals surface area contributed by atoms with Gasteiger partial charge in [0.05, 0.1) is 12.0 Å². The van der Waals surface area contributed by atoms with Crippen molar-refractivity contribution in [2.75, 3.05) is 6.61 Å². The lowest BCUT2D eigenvalue weighted by Crippen LogP contribution is -2.42. The molecule has 0 spiro atoms. The van der Waals surface area contributed by atoms with Gasteiger partial charge in [-0.2, -0.15) is 0 Å². The number of ether oxygens (including phenoxy) is 2. The van der Waals surface area contributed by atoms with Crippen molar-refractivity contribution in [3.8, 4) is 33.4 Å². The summed E-state index contributed by atoms with van der Waals surface area (Å²) in [4.78, 5) is 25.0. The van der Waals surface area contributed by atoms with Gasteiger partial charge in [-0.3, -0.25) is 0 Å². The van der Waals surface area contributed by atoms with Crippen LogP contribution in [0.5, 0.6) is 0 Å². The van der Waals surface area contributed by atoms with Crippen molar-refractivity contribution in [1.29, 1.82) is 0 Å². The molecule has 0 aromatic heterocycles. The van der Waals surface area contributed by atoms with Crippen LogP contribution >= 0.6 is 0 Å². The zero-order valence-electron chi connectivity index (χ0n) is 39.3. The van der Waals surface area contributed by atoms with E-state index in [1.54, 1.807) is 0 Å². The molecule has 6 aliphatic rings. The molecule has 0 aliphatic heterocycles. The van der Waals surface area contributed by atoms with E-state index in [1.807, 2.05) is 0 Å². The zero-order valence-corrected chi connectivity index (χ0v) is 39.3. The normalized spacial score (nSPS) is 21.5. The van der Waals surface area contributed by atoms with Gasteiger partial charge in [-0.05, 0) is 144 Å². The van der Waals surface area contributed by atoms with Crippen LogP contribution in [0.15, 0.2) is 181 Å². The molecular formula is C62H60O4. The summed E-state index contributed by atoms with van der Waals surface area (Å²) in [6.07, 6.45) is 24.8. The molecule has 4 unspecified atom stereocenters. The third kappa shape index (κ3) is 6.95. The van der Waals surface area contributed by atoms with Crippen LogP contribution in [-0.2, 0) is 29.9 Å². The van der Waals surface area contributed by atoms with Gasteiger partial charge < -0.3 is 9.47 Å². The Morgan fingerprint density at radius 3 is 2.00 bits per heavy atom. The summed E-state index contributed by atoms with van der Waals surface area (Å²) in [6.45, 7) is 21.4. The molecule has 0 saturated heterocycles. The minimum Gasteiger partial charge on any atom is -0.463 e. The molecule has 66 heavy (non-hydrogen) atoms. The van der Waals surface area contributed by atoms with Crippen LogP contribution in [0.2, 0.25) is 0 Å². The first kappa shape index (κ1) is 43.4. The van der Waals surface area contributed by atoms with Gasteiger partial charge in [-0.15, -0.1) is 0 Å². The number of rotatable bonds is 13. The van der Waals surface area contributed by atoms with Crippen LogP contribution in [0.3, 0.4) is 0 Å². The second-order valence-electron chi connectivity index (χ2n) is 20.5. The maximum atomic E-state index is 13.1. The molecule has 0 N–H and O–H groups in total. The first-order chi connectivity index (χ1) is 31.8. The smallest absolute Gasteiger partial charge is 0.330 e. The second-order valence-corrected chi connectivity index (χ2v) is 20.5. The van der Waals surface area contributed by atoms with Crippen molar-refractivity contribution >= 4 is 17.5 Å². The van der Waals surface area contributed by atoms with E-state index in [1.165, 1.54) is 84.5 Å². The molecule has 10 rings (SSSR count). The molecule has 4 aromatic rings. The zero-order chi connectivity index (χ0) is 46.1. The van der Waals surface area contributed by atoms with Gasteiger partial charge in [0.15, 0.2) is 0 Å². The Kier molecular flexibility index (Phi) is 10.8. The van der Waals surface area contributed by atoms with Crippen LogP contribution in [0.1, 0.15) is 101 Å². The first-order valence-electron chi connectivity index (χ1n) is 23.9. The van der Waals surface area contributed by atoms with E-state index in [2.05, 4.69) is 182 Å². The van der Waals surface area contributed by atoms with Crippen LogP contribution in [0.25, 0.3) is 39.0 Å². The van der Waals surface area contributed by atoms with E-state index in [9.17, 15) is 9.59 Å². The average Bonchev–Trinajstić information content (AvgIpc) is 3.73. The van der Waals surface area contributed by atoms with E-state index >= 15 is 0 Å². The number of carbonyl (C=O) groups excluding carboxylic acids is 2. The number of unbranched alkanes of at least 4 members (excludes halogenated alkanes) is 1. The number of esters is 2. The summed E-state index contributed by atoms with van der Waals surface area (Å²) in [5, 5.41) is 0. The fourth-order valence-corrected chi connectivity index (χ4v) is 12.0. The highest BCUT2D eigenvalue weighted by atomic mass is 16.5. The van der Waals surface area contributed by atoms with E-state index in [4.69, 9.17) is 9.47 Å². The summed E-state index contributed by atoms with van der Waals surface area (Å²) in [5.41, 5.74) is 21.0. The lowest BCUT2D eigenvalue weighted by molar-refractivity contribution is -0.146. The number of hydrogen-bond donors (Lipinski definition) is 0. The number of carbonyl (C=O) groups is 2. The molecule has 6 aliphatic carbocycles. The summed E-state index contributed by atoms with van der Waals surface area (Å²) >= 11 is 0. The largest absolute Gasteiger partial charge is 0.463 e. The highest BCUT2D eigenvalue weighted by Gasteiger charge is 2.50. The van der Waals surface area contributed by atoms with Crippen LogP contribution in [0.4, 0.5) is 0 Å². The maximum absolute atomic E-state index is 13.1. The Labute approximate surface area is 391 Å². The fraction of sp³-hybridized carbons (Fsp3) is 0.290. The number of fused-ring (bicyclic) bond motifs is 6. The highest BCUT2D eigenvalue weighted by Crippen LogP contribution is 2.58. The van der Waals surface area contributed by atoms with Crippen molar-refractivity contribution < 1.29 is 19.1 Å². The third-order valence-electron chi connectivity index (χ3n) is 15.4. The third-order valence-corrected chi connectivity index (χ3v) is 15.4. The molecule has 0 bridgehead atoms. The van der Waals surface area contributed by atoms with E-state index in [0.29, 0.717) is 37.7 Å². The van der Waals surface area contributed by atoms with Crippen LogP contribution in [-0.4, -0.2) is 24.6 Å². The van der Waals surface area contributed by atoms with Crippen LogP contribution in [0, 0.1) is 17.3 Å². The van der Waals surface area contributed by atoms with Crippen molar-refractivity contribution in [2.24, 2.45) is 17.3 Å². The highest BCUT2D eigenvalue weighted by molar-refractivity contribution is 5.90. The number of hydrogen-bond acceptors (Lipinski definition) is 4. The van der Waals surface area contributed by atoms with Gasteiger partial charge in [0.2, 0.25) is 0 Å². The van der Waals surface area contributed by atoms with Crippen molar-refractivity contribution in [1.82, 2.24) is 0 Å². The SMILES string of the molecule is C=CC(=O)OCCCCC1(C(CCC)OC(=O)C=C)c2ccccc2-c2ccc(-c3ccc4c(c3)C(C)(C)c3cc(C5=C6C=CC7=CC(C(C)(C)C)=CC8=CC=C(C=C5)C6C87)ccc3-4)cc21. The van der Waals surface area contributed by atoms with Crippen molar-refractivity contribution in [3.05, 3.63) is 208 Å². The number of benzene rings is 4. The molecule has 4 aromatic carbocycles. The predicted molar refractivity (Wildman–Crippen MR) is 270 cm³/mol. The average molecular weight is 869 g/mol. The predicted octanol–water partition coefficient (Wildman–Crippen LogP) is 14.6. The van der Waals surface area contributed by atoms with Gasteiger partial charge in [0.1, 0.15) is 6.10 Å². The molecular weight excluding hydrogens is 809 g/mol.